The van der Waals surface area contributed by atoms with Gasteiger partial charge in [0.05, 0.1) is 13.2 Å². The molecule has 1 aromatic carbocycles. The Morgan fingerprint density at radius 3 is 2.61 bits per heavy atom. The summed E-state index contributed by atoms with van der Waals surface area (Å²) in [5.41, 5.74) is 1.66. The number of nitrogens with one attached hydrogen (secondary N) is 2. The van der Waals surface area contributed by atoms with E-state index in [0.717, 1.165) is 50.7 Å². The molecule has 2 aliphatic heterocycles. The van der Waals surface area contributed by atoms with Crippen LogP contribution in [-0.2, 0) is 14.3 Å². The number of nitrogens with zero attached hydrogens (tertiary/aromatic N) is 2. The summed E-state index contributed by atoms with van der Waals surface area (Å²) in [5.74, 6) is -0.378. The van der Waals surface area contributed by atoms with Crippen molar-refractivity contribution in [3.63, 3.8) is 0 Å². The van der Waals surface area contributed by atoms with Gasteiger partial charge < -0.3 is 25.2 Å². The number of morpholine rings is 1. The summed E-state index contributed by atoms with van der Waals surface area (Å²) in [4.78, 5) is 28.9. The van der Waals surface area contributed by atoms with Gasteiger partial charge in [-0.15, -0.1) is 0 Å². The minimum Gasteiger partial charge on any atom is -0.378 e. The molecule has 28 heavy (non-hydrogen) atoms. The van der Waals surface area contributed by atoms with Gasteiger partial charge in [0.1, 0.15) is 0 Å². The highest BCUT2D eigenvalue weighted by Crippen LogP contribution is 2.20. The highest BCUT2D eigenvalue weighted by molar-refractivity contribution is 6.39. The average molecular weight is 389 g/mol. The molecule has 0 unspecified atom stereocenters. The first kappa shape index (κ1) is 20.6. The third kappa shape index (κ3) is 6.21. The first-order valence-corrected chi connectivity index (χ1v) is 10.4. The number of carbonyl (C=O) groups is 2. The van der Waals surface area contributed by atoms with E-state index in [1.807, 2.05) is 18.2 Å². The Kier molecular flexibility index (Phi) is 7.68. The second-order valence-corrected chi connectivity index (χ2v) is 7.74. The Morgan fingerprint density at radius 1 is 1.11 bits per heavy atom. The molecule has 0 spiro atoms. The Hall–Kier alpha value is -2.12. The molecule has 0 aromatic heterocycles. The SMILES string of the molecule is CC1CCN(CCCNC(=O)C(=O)Nc2cccc(N3CCOCC3)c2)CC1. The monoisotopic (exact) mass is 388 g/mol. The van der Waals surface area contributed by atoms with E-state index in [1.165, 1.54) is 12.8 Å². The van der Waals surface area contributed by atoms with Crippen molar-refractivity contribution in [1.82, 2.24) is 10.2 Å². The molecule has 7 heteroatoms. The standard InChI is InChI=1S/C21H32N4O3/c1-17-6-10-24(11-7-17)9-3-8-22-20(26)21(27)23-18-4-2-5-19(16-18)25-12-14-28-15-13-25/h2,4-5,16-17H,3,6-15H2,1H3,(H,22,26)(H,23,27). The lowest BCUT2D eigenvalue weighted by atomic mass is 9.99. The van der Waals surface area contributed by atoms with Crippen LogP contribution in [0.2, 0.25) is 0 Å². The van der Waals surface area contributed by atoms with Crippen LogP contribution in [0.3, 0.4) is 0 Å². The summed E-state index contributed by atoms with van der Waals surface area (Å²) in [6, 6.07) is 7.58. The Balaban J connectivity index is 1.38. The second-order valence-electron chi connectivity index (χ2n) is 7.74. The van der Waals surface area contributed by atoms with Crippen molar-refractivity contribution >= 4 is 23.2 Å². The topological polar surface area (TPSA) is 73.9 Å². The van der Waals surface area contributed by atoms with Gasteiger partial charge in [-0.1, -0.05) is 13.0 Å². The van der Waals surface area contributed by atoms with Crippen LogP contribution in [0.25, 0.3) is 0 Å². The average Bonchev–Trinajstić information content (AvgIpc) is 2.73. The van der Waals surface area contributed by atoms with Crippen molar-refractivity contribution in [3.8, 4) is 0 Å². The van der Waals surface area contributed by atoms with Gasteiger partial charge in [0.2, 0.25) is 0 Å². The maximum absolute atomic E-state index is 12.2. The molecule has 0 bridgehead atoms. The van der Waals surface area contributed by atoms with Crippen LogP contribution in [-0.4, -0.2) is 69.2 Å². The smallest absolute Gasteiger partial charge is 0.313 e. The van der Waals surface area contributed by atoms with Crippen LogP contribution < -0.4 is 15.5 Å². The van der Waals surface area contributed by atoms with E-state index in [0.29, 0.717) is 25.4 Å². The Bertz CT molecular complexity index is 653. The number of amides is 2. The predicted octanol–water partition coefficient (Wildman–Crippen LogP) is 1.70. The van der Waals surface area contributed by atoms with Crippen LogP contribution >= 0.6 is 0 Å². The molecule has 0 saturated carbocycles. The number of piperidine rings is 1. The van der Waals surface area contributed by atoms with Crippen molar-refractivity contribution in [2.24, 2.45) is 5.92 Å². The molecule has 2 saturated heterocycles. The number of rotatable bonds is 6. The summed E-state index contributed by atoms with van der Waals surface area (Å²) < 4.78 is 5.37. The third-order valence-electron chi connectivity index (χ3n) is 5.50. The molecular weight excluding hydrogens is 356 g/mol. The van der Waals surface area contributed by atoms with Crippen LogP contribution in [0.4, 0.5) is 11.4 Å². The molecule has 0 radical (unpaired) electrons. The first-order chi connectivity index (χ1) is 13.6. The number of benzene rings is 1. The van der Waals surface area contributed by atoms with Gasteiger partial charge in [-0.3, -0.25) is 9.59 Å². The van der Waals surface area contributed by atoms with Gasteiger partial charge in [0.25, 0.3) is 0 Å². The van der Waals surface area contributed by atoms with E-state index in [4.69, 9.17) is 4.74 Å². The lowest BCUT2D eigenvalue weighted by Gasteiger charge is -2.30. The van der Waals surface area contributed by atoms with Crippen LogP contribution in [0.15, 0.2) is 24.3 Å². The highest BCUT2D eigenvalue weighted by Gasteiger charge is 2.17. The van der Waals surface area contributed by atoms with Gasteiger partial charge in [-0.05, 0) is 63.0 Å². The summed E-state index contributed by atoms with van der Waals surface area (Å²) >= 11 is 0. The number of likely N-dealkylation sites (tertiary alicyclic amines) is 1. The molecule has 3 rings (SSSR count). The largest absolute Gasteiger partial charge is 0.378 e. The third-order valence-corrected chi connectivity index (χ3v) is 5.50. The van der Waals surface area contributed by atoms with Crippen LogP contribution in [0.1, 0.15) is 26.2 Å². The van der Waals surface area contributed by atoms with Crippen molar-refractivity contribution in [1.29, 1.82) is 0 Å². The molecule has 2 amide bonds. The normalized spacial score (nSPS) is 18.7. The van der Waals surface area contributed by atoms with E-state index < -0.39 is 11.8 Å². The minimum absolute atomic E-state index is 0.520. The van der Waals surface area contributed by atoms with E-state index >= 15 is 0 Å². The first-order valence-electron chi connectivity index (χ1n) is 10.4. The van der Waals surface area contributed by atoms with Gasteiger partial charge in [0.15, 0.2) is 0 Å². The Labute approximate surface area is 167 Å². The predicted molar refractivity (Wildman–Crippen MR) is 111 cm³/mol. The van der Waals surface area contributed by atoms with Gasteiger partial charge in [-0.25, -0.2) is 0 Å². The molecule has 2 heterocycles. The zero-order valence-corrected chi connectivity index (χ0v) is 16.8. The number of hydrogen-bond acceptors (Lipinski definition) is 5. The lowest BCUT2D eigenvalue weighted by molar-refractivity contribution is -0.136. The van der Waals surface area contributed by atoms with Gasteiger partial charge in [0, 0.05) is 31.0 Å². The molecule has 2 N–H and O–H groups in total. The summed E-state index contributed by atoms with van der Waals surface area (Å²) in [5, 5.41) is 5.42. The van der Waals surface area contributed by atoms with Crippen LogP contribution in [0, 0.1) is 5.92 Å². The van der Waals surface area contributed by atoms with E-state index in [-0.39, 0.29) is 0 Å². The number of ether oxygens (including phenoxy) is 1. The fourth-order valence-corrected chi connectivity index (χ4v) is 3.66. The Morgan fingerprint density at radius 2 is 1.86 bits per heavy atom. The van der Waals surface area contributed by atoms with Crippen molar-refractivity contribution in [3.05, 3.63) is 24.3 Å². The summed E-state index contributed by atoms with van der Waals surface area (Å²) in [6.07, 6.45) is 3.36. The zero-order valence-electron chi connectivity index (χ0n) is 16.8. The van der Waals surface area contributed by atoms with Crippen molar-refractivity contribution in [2.75, 3.05) is 62.7 Å². The lowest BCUT2D eigenvalue weighted by Crippen LogP contribution is -2.38. The molecule has 0 aliphatic carbocycles. The molecule has 154 valence electrons. The molecular formula is C21H32N4O3. The summed E-state index contributed by atoms with van der Waals surface area (Å²) in [6.45, 7) is 9.12. The highest BCUT2D eigenvalue weighted by atomic mass is 16.5. The molecule has 2 fully saturated rings. The molecule has 7 nitrogen and oxygen atoms in total. The number of anilines is 2. The van der Waals surface area contributed by atoms with Crippen LogP contribution in [0.5, 0.6) is 0 Å². The van der Waals surface area contributed by atoms with E-state index in [9.17, 15) is 9.59 Å². The van der Waals surface area contributed by atoms with E-state index in [2.05, 4.69) is 27.4 Å². The van der Waals surface area contributed by atoms with Crippen molar-refractivity contribution in [2.45, 2.75) is 26.2 Å². The molecule has 1 aromatic rings. The van der Waals surface area contributed by atoms with Gasteiger partial charge >= 0.3 is 11.8 Å². The van der Waals surface area contributed by atoms with E-state index in [1.54, 1.807) is 6.07 Å². The fraction of sp³-hybridized carbons (Fsp3) is 0.619. The number of carbonyl (C=O) groups excluding carboxylic acids is 2. The maximum Gasteiger partial charge on any atom is 0.313 e. The molecule has 0 atom stereocenters. The second kappa shape index (κ2) is 10.4. The summed E-state index contributed by atoms with van der Waals surface area (Å²) in [7, 11) is 0. The molecule has 2 aliphatic rings. The fourth-order valence-electron chi connectivity index (χ4n) is 3.66. The maximum atomic E-state index is 12.2. The number of hydrogen-bond donors (Lipinski definition) is 2. The minimum atomic E-state index is -0.620. The zero-order chi connectivity index (χ0) is 19.8. The van der Waals surface area contributed by atoms with Gasteiger partial charge in [-0.2, -0.15) is 0 Å². The van der Waals surface area contributed by atoms with Crippen molar-refractivity contribution < 1.29 is 14.3 Å². The quantitative estimate of drug-likeness (QED) is 0.573.